The molecule has 37 heavy (non-hydrogen) atoms. The molecule has 0 bridgehead atoms. The van der Waals surface area contributed by atoms with Crippen LogP contribution in [-0.4, -0.2) is 63.2 Å². The predicted octanol–water partition coefficient (Wildman–Crippen LogP) is 3.34. The van der Waals surface area contributed by atoms with Crippen LogP contribution in [0.5, 0.6) is 0 Å². The fourth-order valence-corrected chi connectivity index (χ4v) is 5.09. The SMILES string of the molecule is CNC(=O)C(Cc1ccccc1)N(Cc1ccccc1Cl)C(=O)CN(c1ccccc1)S(=O)(=O)N(C)C. The minimum Gasteiger partial charge on any atom is -0.357 e. The van der Waals surface area contributed by atoms with Crippen molar-refractivity contribution in [3.05, 3.63) is 101 Å². The van der Waals surface area contributed by atoms with E-state index in [-0.39, 0.29) is 18.9 Å². The van der Waals surface area contributed by atoms with Gasteiger partial charge in [-0.1, -0.05) is 78.3 Å². The van der Waals surface area contributed by atoms with E-state index < -0.39 is 28.7 Å². The van der Waals surface area contributed by atoms with E-state index in [9.17, 15) is 18.0 Å². The van der Waals surface area contributed by atoms with E-state index in [0.717, 1.165) is 14.2 Å². The van der Waals surface area contributed by atoms with E-state index in [1.54, 1.807) is 54.6 Å². The summed E-state index contributed by atoms with van der Waals surface area (Å²) in [5.74, 6) is -0.912. The van der Waals surface area contributed by atoms with E-state index in [1.165, 1.54) is 26.0 Å². The highest BCUT2D eigenvalue weighted by Crippen LogP contribution is 2.23. The van der Waals surface area contributed by atoms with Gasteiger partial charge in [-0.05, 0) is 29.3 Å². The standard InChI is InChI=1S/C27H31ClN4O4S/c1-29-27(34)25(18-21-12-6-4-7-13-21)31(19-22-14-10-11-17-24(22)28)26(33)20-32(37(35,36)30(2)3)23-15-8-5-9-16-23/h4-17,25H,18-20H2,1-3H3,(H,29,34). The van der Waals surface area contributed by atoms with Crippen LogP contribution in [0.1, 0.15) is 11.1 Å². The number of amides is 2. The van der Waals surface area contributed by atoms with Gasteiger partial charge in [0.2, 0.25) is 11.8 Å². The highest BCUT2D eigenvalue weighted by Gasteiger charge is 2.34. The summed E-state index contributed by atoms with van der Waals surface area (Å²) in [4.78, 5) is 28.5. The molecule has 0 fully saturated rings. The molecule has 10 heteroatoms. The van der Waals surface area contributed by atoms with Crippen molar-refractivity contribution < 1.29 is 18.0 Å². The molecular weight excluding hydrogens is 512 g/mol. The molecule has 0 aliphatic carbocycles. The first-order chi connectivity index (χ1) is 17.6. The Bertz CT molecular complexity index is 1300. The molecule has 1 unspecified atom stereocenters. The molecule has 0 aliphatic rings. The number of hydrogen-bond acceptors (Lipinski definition) is 4. The minimum atomic E-state index is -4.02. The lowest BCUT2D eigenvalue weighted by Crippen LogP contribution is -2.53. The predicted molar refractivity (Wildman–Crippen MR) is 146 cm³/mol. The molecule has 3 aromatic rings. The molecule has 8 nitrogen and oxygen atoms in total. The maximum Gasteiger partial charge on any atom is 0.304 e. The van der Waals surface area contributed by atoms with Crippen LogP contribution >= 0.6 is 11.6 Å². The molecule has 3 rings (SSSR count). The lowest BCUT2D eigenvalue weighted by atomic mass is 10.0. The van der Waals surface area contributed by atoms with E-state index >= 15 is 0 Å². The van der Waals surface area contributed by atoms with Crippen LogP contribution < -0.4 is 9.62 Å². The van der Waals surface area contributed by atoms with Gasteiger partial charge < -0.3 is 10.2 Å². The average molecular weight is 543 g/mol. The number of likely N-dealkylation sites (N-methyl/N-ethyl adjacent to an activating group) is 1. The van der Waals surface area contributed by atoms with Gasteiger partial charge in [-0.15, -0.1) is 0 Å². The molecule has 0 saturated heterocycles. The Kier molecular flexibility index (Phi) is 9.68. The van der Waals surface area contributed by atoms with Crippen LogP contribution in [0, 0.1) is 0 Å². The van der Waals surface area contributed by atoms with Crippen molar-refractivity contribution in [1.82, 2.24) is 14.5 Å². The van der Waals surface area contributed by atoms with Crippen molar-refractivity contribution in [2.45, 2.75) is 19.0 Å². The number of benzene rings is 3. The molecule has 3 aromatic carbocycles. The first kappa shape index (κ1) is 28.2. The van der Waals surface area contributed by atoms with Crippen molar-refractivity contribution in [3.8, 4) is 0 Å². The van der Waals surface area contributed by atoms with Gasteiger partial charge in [0, 0.05) is 39.1 Å². The highest BCUT2D eigenvalue weighted by atomic mass is 35.5. The largest absolute Gasteiger partial charge is 0.357 e. The fraction of sp³-hybridized carbons (Fsp3) is 0.259. The third kappa shape index (κ3) is 7.09. The maximum absolute atomic E-state index is 13.9. The maximum atomic E-state index is 13.9. The van der Waals surface area contributed by atoms with E-state index in [2.05, 4.69) is 5.32 Å². The van der Waals surface area contributed by atoms with Crippen LogP contribution in [-0.2, 0) is 32.8 Å². The number of anilines is 1. The highest BCUT2D eigenvalue weighted by molar-refractivity contribution is 7.90. The van der Waals surface area contributed by atoms with Crippen LogP contribution in [0.4, 0.5) is 5.69 Å². The third-order valence-corrected chi connectivity index (χ3v) is 8.07. The van der Waals surface area contributed by atoms with Gasteiger partial charge in [-0.25, -0.2) is 4.31 Å². The van der Waals surface area contributed by atoms with Gasteiger partial charge in [0.15, 0.2) is 0 Å². The Hall–Kier alpha value is -3.40. The zero-order valence-corrected chi connectivity index (χ0v) is 22.6. The van der Waals surface area contributed by atoms with Gasteiger partial charge in [0.05, 0.1) is 5.69 Å². The summed E-state index contributed by atoms with van der Waals surface area (Å²) in [7, 11) is 0.291. The van der Waals surface area contributed by atoms with Crippen molar-refractivity contribution >= 4 is 39.3 Å². The topological polar surface area (TPSA) is 90.0 Å². The number of halogens is 1. The van der Waals surface area contributed by atoms with Crippen molar-refractivity contribution in [1.29, 1.82) is 0 Å². The second-order valence-corrected chi connectivity index (χ2v) is 11.0. The van der Waals surface area contributed by atoms with Crippen molar-refractivity contribution in [2.75, 3.05) is 32.0 Å². The molecule has 0 saturated carbocycles. The number of carbonyl (C=O) groups is 2. The molecule has 1 atom stereocenters. The lowest BCUT2D eigenvalue weighted by Gasteiger charge is -2.34. The first-order valence-electron chi connectivity index (χ1n) is 11.7. The second-order valence-electron chi connectivity index (χ2n) is 8.57. The van der Waals surface area contributed by atoms with Gasteiger partial charge >= 0.3 is 10.2 Å². The number of rotatable bonds is 11. The van der Waals surface area contributed by atoms with Crippen LogP contribution in [0.3, 0.4) is 0 Å². The monoisotopic (exact) mass is 542 g/mol. The molecule has 0 spiro atoms. The van der Waals surface area contributed by atoms with E-state index in [0.29, 0.717) is 16.3 Å². The Balaban J connectivity index is 2.06. The summed E-state index contributed by atoms with van der Waals surface area (Å²) in [6.07, 6.45) is 0.239. The summed E-state index contributed by atoms with van der Waals surface area (Å²) >= 11 is 6.42. The minimum absolute atomic E-state index is 0.0219. The summed E-state index contributed by atoms with van der Waals surface area (Å²) in [6, 6.07) is 23.9. The fourth-order valence-electron chi connectivity index (χ4n) is 3.84. The summed E-state index contributed by atoms with van der Waals surface area (Å²) in [5, 5.41) is 3.09. The Morgan fingerprint density at radius 3 is 2.03 bits per heavy atom. The zero-order chi connectivity index (χ0) is 27.0. The number of para-hydroxylation sites is 1. The Morgan fingerprint density at radius 1 is 0.892 bits per heavy atom. The van der Waals surface area contributed by atoms with Gasteiger partial charge in [0.25, 0.3) is 0 Å². The third-order valence-electron chi connectivity index (χ3n) is 5.88. The summed E-state index contributed by atoms with van der Waals surface area (Å²) in [5.41, 5.74) is 1.83. The number of nitrogens with zero attached hydrogens (tertiary/aromatic N) is 3. The van der Waals surface area contributed by atoms with Crippen LogP contribution in [0.15, 0.2) is 84.9 Å². The normalized spacial score (nSPS) is 12.1. The van der Waals surface area contributed by atoms with Gasteiger partial charge in [-0.3, -0.25) is 9.59 Å². The lowest BCUT2D eigenvalue weighted by molar-refractivity contribution is -0.139. The zero-order valence-electron chi connectivity index (χ0n) is 21.0. The Morgan fingerprint density at radius 2 is 1.46 bits per heavy atom. The second kappa shape index (κ2) is 12.7. The first-order valence-corrected chi connectivity index (χ1v) is 13.5. The average Bonchev–Trinajstić information content (AvgIpc) is 2.90. The molecule has 1 N–H and O–H groups in total. The molecule has 0 aliphatic heterocycles. The molecular formula is C27H31ClN4O4S. The van der Waals surface area contributed by atoms with E-state index in [4.69, 9.17) is 11.6 Å². The van der Waals surface area contributed by atoms with Crippen molar-refractivity contribution in [3.63, 3.8) is 0 Å². The number of carbonyl (C=O) groups excluding carboxylic acids is 2. The molecule has 196 valence electrons. The van der Waals surface area contributed by atoms with Gasteiger partial charge in [-0.2, -0.15) is 12.7 Å². The smallest absolute Gasteiger partial charge is 0.304 e. The van der Waals surface area contributed by atoms with E-state index in [1.807, 2.05) is 30.3 Å². The Labute approximate surface area is 223 Å². The molecule has 2 amide bonds. The van der Waals surface area contributed by atoms with Gasteiger partial charge in [0.1, 0.15) is 12.6 Å². The van der Waals surface area contributed by atoms with Crippen molar-refractivity contribution in [2.24, 2.45) is 0 Å². The quantitative estimate of drug-likeness (QED) is 0.402. The molecule has 0 heterocycles. The molecule has 0 aromatic heterocycles. The summed E-state index contributed by atoms with van der Waals surface area (Å²) in [6.45, 7) is -0.481. The summed E-state index contributed by atoms with van der Waals surface area (Å²) < 4.78 is 28.6. The molecule has 0 radical (unpaired) electrons. The number of nitrogens with one attached hydrogen (secondary N) is 1. The number of hydrogen-bond donors (Lipinski definition) is 1. The van der Waals surface area contributed by atoms with Crippen LogP contribution in [0.25, 0.3) is 0 Å². The van der Waals surface area contributed by atoms with Crippen LogP contribution in [0.2, 0.25) is 5.02 Å².